The summed E-state index contributed by atoms with van der Waals surface area (Å²) in [4.78, 5) is 24.2. The molecule has 1 aliphatic carbocycles. The molecular weight excluding hydrogens is 168 g/mol. The lowest BCUT2D eigenvalue weighted by molar-refractivity contribution is -0.151. The molecule has 2 fully saturated rings. The predicted molar refractivity (Wildman–Crippen MR) is 43.2 cm³/mol. The van der Waals surface area contributed by atoms with E-state index >= 15 is 0 Å². The summed E-state index contributed by atoms with van der Waals surface area (Å²) in [7, 11) is 0. The molecule has 1 saturated carbocycles. The van der Waals surface area contributed by atoms with E-state index in [9.17, 15) is 9.59 Å². The van der Waals surface area contributed by atoms with Crippen molar-refractivity contribution in [3.8, 4) is 6.07 Å². The first-order chi connectivity index (χ1) is 6.24. The highest BCUT2D eigenvalue weighted by atomic mass is 16.2. The van der Waals surface area contributed by atoms with Crippen LogP contribution in [0.25, 0.3) is 0 Å². The average Bonchev–Trinajstić information content (AvgIpc) is 2.56. The first-order valence-corrected chi connectivity index (χ1v) is 4.46. The Labute approximate surface area is 76.1 Å². The van der Waals surface area contributed by atoms with E-state index in [-0.39, 0.29) is 30.2 Å². The maximum absolute atomic E-state index is 11.5. The van der Waals surface area contributed by atoms with Crippen molar-refractivity contribution in [2.45, 2.75) is 19.3 Å². The molecule has 2 atom stereocenters. The number of rotatable bonds is 1. The molecule has 1 heterocycles. The number of nitriles is 1. The number of imide groups is 1. The van der Waals surface area contributed by atoms with E-state index in [1.165, 1.54) is 0 Å². The van der Waals surface area contributed by atoms with Crippen LogP contribution in [0.4, 0.5) is 0 Å². The highest BCUT2D eigenvalue weighted by Gasteiger charge is 2.44. The summed E-state index contributed by atoms with van der Waals surface area (Å²) in [5, 5.41) is 8.45. The number of carbonyl (C=O) groups excluding carboxylic acids is 2. The van der Waals surface area contributed by atoms with Gasteiger partial charge in [0.15, 0.2) is 0 Å². The zero-order chi connectivity index (χ0) is 9.42. The normalized spacial score (nSPS) is 32.1. The van der Waals surface area contributed by atoms with E-state index in [0.717, 1.165) is 17.7 Å². The summed E-state index contributed by atoms with van der Waals surface area (Å²) in [5.41, 5.74) is 0. The molecule has 0 aromatic heterocycles. The van der Waals surface area contributed by atoms with Crippen LogP contribution in [-0.4, -0.2) is 23.3 Å². The smallest absolute Gasteiger partial charge is 0.233 e. The minimum atomic E-state index is -0.139. The van der Waals surface area contributed by atoms with Crippen molar-refractivity contribution in [1.82, 2.24) is 4.90 Å². The summed E-state index contributed by atoms with van der Waals surface area (Å²) in [6.07, 6.45) is 2.34. The molecule has 2 bridgehead atoms. The van der Waals surface area contributed by atoms with Crippen LogP contribution in [0, 0.1) is 23.2 Å². The van der Waals surface area contributed by atoms with Gasteiger partial charge in [0, 0.05) is 11.8 Å². The van der Waals surface area contributed by atoms with Crippen molar-refractivity contribution in [3.05, 3.63) is 0 Å². The van der Waals surface area contributed by atoms with E-state index < -0.39 is 0 Å². The Hall–Kier alpha value is -1.37. The molecule has 0 aromatic rings. The average molecular weight is 178 g/mol. The van der Waals surface area contributed by atoms with Crippen molar-refractivity contribution < 1.29 is 9.59 Å². The van der Waals surface area contributed by atoms with E-state index in [2.05, 4.69) is 0 Å². The number of amides is 2. The zero-order valence-electron chi connectivity index (χ0n) is 7.19. The number of piperidine rings is 1. The molecule has 4 nitrogen and oxygen atoms in total. The van der Waals surface area contributed by atoms with Gasteiger partial charge in [-0.05, 0) is 19.3 Å². The lowest BCUT2D eigenvalue weighted by Crippen LogP contribution is -2.46. The van der Waals surface area contributed by atoms with Gasteiger partial charge < -0.3 is 0 Å². The molecule has 68 valence electrons. The van der Waals surface area contributed by atoms with Crippen molar-refractivity contribution in [1.29, 1.82) is 5.26 Å². The predicted octanol–water partition coefficient (Wildman–Crippen LogP) is 0.295. The molecule has 0 aromatic carbocycles. The minimum absolute atomic E-state index is 0.0102. The van der Waals surface area contributed by atoms with Crippen LogP contribution in [0.1, 0.15) is 19.3 Å². The van der Waals surface area contributed by atoms with Gasteiger partial charge in [0.2, 0.25) is 11.8 Å². The Balaban J connectivity index is 2.23. The third-order valence-electron chi connectivity index (χ3n) is 2.89. The van der Waals surface area contributed by atoms with Gasteiger partial charge in [0.1, 0.15) is 6.54 Å². The van der Waals surface area contributed by atoms with Gasteiger partial charge in [-0.1, -0.05) is 0 Å². The molecule has 1 aliphatic heterocycles. The fourth-order valence-corrected chi connectivity index (χ4v) is 2.21. The number of hydrogen-bond donors (Lipinski definition) is 0. The molecule has 2 aliphatic rings. The maximum atomic E-state index is 11.5. The van der Waals surface area contributed by atoms with Gasteiger partial charge in [-0.3, -0.25) is 14.5 Å². The number of likely N-dealkylation sites (tertiary alicyclic amines) is 1. The van der Waals surface area contributed by atoms with Crippen molar-refractivity contribution in [3.63, 3.8) is 0 Å². The summed E-state index contributed by atoms with van der Waals surface area (Å²) < 4.78 is 0. The van der Waals surface area contributed by atoms with Gasteiger partial charge in [0.05, 0.1) is 6.07 Å². The molecule has 2 unspecified atom stereocenters. The summed E-state index contributed by atoms with van der Waals surface area (Å²) in [6, 6.07) is 1.85. The highest BCUT2D eigenvalue weighted by molar-refractivity contribution is 6.01. The van der Waals surface area contributed by atoms with E-state index in [1.54, 1.807) is 0 Å². The van der Waals surface area contributed by atoms with E-state index in [1.807, 2.05) is 6.07 Å². The number of carbonyl (C=O) groups is 2. The molecule has 2 rings (SSSR count). The molecule has 13 heavy (non-hydrogen) atoms. The Morgan fingerprint density at radius 3 is 2.31 bits per heavy atom. The third kappa shape index (κ3) is 1.12. The van der Waals surface area contributed by atoms with E-state index in [4.69, 9.17) is 5.26 Å². The van der Waals surface area contributed by atoms with Crippen molar-refractivity contribution in [2.75, 3.05) is 6.54 Å². The van der Waals surface area contributed by atoms with E-state index in [0.29, 0.717) is 6.42 Å². The van der Waals surface area contributed by atoms with Crippen molar-refractivity contribution in [2.24, 2.45) is 11.8 Å². The Morgan fingerprint density at radius 2 is 1.85 bits per heavy atom. The van der Waals surface area contributed by atoms with Crippen molar-refractivity contribution >= 4 is 11.8 Å². The fourth-order valence-electron chi connectivity index (χ4n) is 2.21. The Bertz CT molecular complexity index is 283. The summed E-state index contributed by atoms with van der Waals surface area (Å²) in [5.74, 6) is -0.257. The van der Waals surface area contributed by atoms with Crippen LogP contribution >= 0.6 is 0 Å². The van der Waals surface area contributed by atoms with Gasteiger partial charge in [-0.25, -0.2) is 0 Å². The third-order valence-corrected chi connectivity index (χ3v) is 2.89. The van der Waals surface area contributed by atoms with Crippen LogP contribution in [0.15, 0.2) is 0 Å². The topological polar surface area (TPSA) is 61.2 Å². The molecule has 0 radical (unpaired) electrons. The number of hydrogen-bond acceptors (Lipinski definition) is 3. The monoisotopic (exact) mass is 178 g/mol. The number of nitrogens with zero attached hydrogens (tertiary/aromatic N) is 2. The molecular formula is C9H10N2O2. The molecule has 0 spiro atoms. The second kappa shape index (κ2) is 2.84. The zero-order valence-corrected chi connectivity index (χ0v) is 7.19. The number of fused-ring (bicyclic) bond motifs is 2. The minimum Gasteiger partial charge on any atom is -0.274 e. The first kappa shape index (κ1) is 8.24. The lowest BCUT2D eigenvalue weighted by atomic mass is 9.97. The van der Waals surface area contributed by atoms with Gasteiger partial charge >= 0.3 is 0 Å². The SMILES string of the molecule is N#CCN1C(=O)C2CCC(C2)C1=O. The summed E-state index contributed by atoms with van der Waals surface area (Å²) in [6.45, 7) is -0.0787. The maximum Gasteiger partial charge on any atom is 0.233 e. The molecule has 2 amide bonds. The summed E-state index contributed by atoms with van der Waals surface area (Å²) >= 11 is 0. The van der Waals surface area contributed by atoms with Crippen LogP contribution in [-0.2, 0) is 9.59 Å². The quantitative estimate of drug-likeness (QED) is 0.428. The molecule has 1 saturated heterocycles. The Kier molecular flexibility index (Phi) is 1.80. The second-order valence-corrected chi connectivity index (χ2v) is 3.63. The van der Waals surface area contributed by atoms with Crippen LogP contribution in [0.3, 0.4) is 0 Å². The standard InChI is InChI=1S/C9H10N2O2/c10-3-4-11-8(12)6-1-2-7(5-6)9(11)13/h6-7H,1-2,4-5H2. The molecule has 0 N–H and O–H groups in total. The largest absolute Gasteiger partial charge is 0.274 e. The Morgan fingerprint density at radius 1 is 1.31 bits per heavy atom. The fraction of sp³-hybridized carbons (Fsp3) is 0.667. The first-order valence-electron chi connectivity index (χ1n) is 4.46. The van der Waals surface area contributed by atoms with Gasteiger partial charge in [-0.15, -0.1) is 0 Å². The van der Waals surface area contributed by atoms with Gasteiger partial charge in [-0.2, -0.15) is 5.26 Å². The van der Waals surface area contributed by atoms with Crippen LogP contribution in [0.2, 0.25) is 0 Å². The second-order valence-electron chi connectivity index (χ2n) is 3.63. The van der Waals surface area contributed by atoms with Gasteiger partial charge in [0.25, 0.3) is 0 Å². The molecule has 4 heteroatoms. The van der Waals surface area contributed by atoms with Crippen LogP contribution in [0.5, 0.6) is 0 Å². The van der Waals surface area contributed by atoms with Crippen LogP contribution < -0.4 is 0 Å². The lowest BCUT2D eigenvalue weighted by Gasteiger charge is -2.27. The highest BCUT2D eigenvalue weighted by Crippen LogP contribution is 2.37.